The maximum absolute atomic E-state index is 4.94. The van der Waals surface area contributed by atoms with Crippen LogP contribution in [0.25, 0.3) is 0 Å². The Bertz CT molecular complexity index is 57.0. The molecular formula is C7H15BrMgO. The summed E-state index contributed by atoms with van der Waals surface area (Å²) >= 11 is 3.61. The maximum Gasteiger partial charge on any atom is 0.471 e. The molecule has 0 aromatic heterocycles. The maximum atomic E-state index is 4.94. The van der Waals surface area contributed by atoms with Crippen LogP contribution in [0.2, 0.25) is 4.05 Å². The van der Waals surface area contributed by atoms with E-state index in [4.69, 9.17) is 4.74 Å². The molecule has 3 heteroatoms. The highest BCUT2D eigenvalue weighted by atomic mass is 79.9. The van der Waals surface area contributed by atoms with Crippen molar-refractivity contribution in [3.8, 4) is 0 Å². The number of halogens is 1. The van der Waals surface area contributed by atoms with E-state index < -0.39 is 0 Å². The fraction of sp³-hybridized carbons (Fsp3) is 1.00. The second kappa shape index (κ2) is 8.30. The summed E-state index contributed by atoms with van der Waals surface area (Å²) in [5.41, 5.74) is 0. The lowest BCUT2D eigenvalue weighted by Crippen LogP contribution is -1.79. The lowest BCUT2D eigenvalue weighted by molar-refractivity contribution is 0.198. The molecule has 0 aromatic carbocycles. The Hall–Kier alpha value is 1.21. The molecule has 1 nitrogen and oxygen atoms in total. The van der Waals surface area contributed by atoms with Crippen LogP contribution in [0.1, 0.15) is 26.7 Å². The van der Waals surface area contributed by atoms with E-state index in [2.05, 4.69) is 26.7 Å². The molecule has 1 aliphatic rings. The SMILES string of the molecule is C1CCOC1.C[CH](C)[Mg][Br]. The summed E-state index contributed by atoms with van der Waals surface area (Å²) in [6.07, 6.45) is 2.56. The zero-order chi connectivity index (χ0) is 7.82. The molecule has 0 radical (unpaired) electrons. The van der Waals surface area contributed by atoms with E-state index in [1.54, 1.807) is 0 Å². The van der Waals surface area contributed by atoms with Crippen molar-refractivity contribution in [2.45, 2.75) is 30.7 Å². The quantitative estimate of drug-likeness (QED) is 0.616. The van der Waals surface area contributed by atoms with Crippen molar-refractivity contribution in [3.05, 3.63) is 0 Å². The fourth-order valence-corrected chi connectivity index (χ4v) is 0.510. The molecule has 0 spiro atoms. The Labute approximate surface area is 79.5 Å². The van der Waals surface area contributed by atoms with Crippen LogP contribution in [-0.2, 0) is 4.74 Å². The van der Waals surface area contributed by atoms with Crippen molar-refractivity contribution in [2.24, 2.45) is 0 Å². The van der Waals surface area contributed by atoms with Crippen LogP contribution in [0.15, 0.2) is 0 Å². The van der Waals surface area contributed by atoms with Crippen LogP contribution in [0, 0.1) is 0 Å². The molecule has 1 aliphatic heterocycles. The average molecular weight is 219 g/mol. The molecule has 0 aromatic rings. The first kappa shape index (κ1) is 11.2. The van der Waals surface area contributed by atoms with E-state index in [0.29, 0.717) is 0 Å². The van der Waals surface area contributed by atoms with E-state index >= 15 is 0 Å². The van der Waals surface area contributed by atoms with Crippen molar-refractivity contribution in [1.29, 1.82) is 0 Å². The van der Waals surface area contributed by atoms with Crippen LogP contribution in [0.4, 0.5) is 0 Å². The van der Waals surface area contributed by atoms with Gasteiger partial charge in [0.05, 0.1) is 0 Å². The summed E-state index contributed by atoms with van der Waals surface area (Å²) < 4.78 is 5.88. The Balaban J connectivity index is 0.000000162. The standard InChI is InChI=1S/C4H8O.C3H7.BrH.Mg/c1-2-4-5-3-1;1-3-2;;/h1-4H2;3H,1-2H3;1H;/q;;;+1/p-1. The summed E-state index contributed by atoms with van der Waals surface area (Å²) in [7, 11) is 0. The minimum absolute atomic E-state index is 0.161. The highest BCUT2D eigenvalue weighted by Gasteiger charge is 1.94. The number of rotatable bonds is 1. The molecule has 0 saturated carbocycles. The normalized spacial score (nSPS) is 16.0. The van der Waals surface area contributed by atoms with Gasteiger partial charge >= 0.3 is 18.2 Å². The molecule has 0 amide bonds. The number of hydrogen-bond donors (Lipinski definition) is 0. The van der Waals surface area contributed by atoms with E-state index in [-0.39, 0.29) is 18.2 Å². The lowest BCUT2D eigenvalue weighted by Gasteiger charge is -1.85. The first-order chi connectivity index (χ1) is 4.77. The Morgan fingerprint density at radius 3 is 1.80 bits per heavy atom. The first-order valence-corrected chi connectivity index (χ1v) is 8.62. The fourth-order valence-electron chi connectivity index (χ4n) is 0.510. The van der Waals surface area contributed by atoms with Crippen LogP contribution in [-0.4, -0.2) is 31.4 Å². The van der Waals surface area contributed by atoms with Crippen molar-refractivity contribution >= 4 is 31.1 Å². The van der Waals surface area contributed by atoms with E-state index in [1.165, 1.54) is 12.8 Å². The Kier molecular flexibility index (Phi) is 9.31. The molecule has 0 atom stereocenters. The molecule has 58 valence electrons. The van der Waals surface area contributed by atoms with Gasteiger partial charge in [-0.2, -0.15) is 0 Å². The molecular weight excluding hydrogens is 204 g/mol. The van der Waals surface area contributed by atoms with Crippen molar-refractivity contribution in [2.75, 3.05) is 13.2 Å². The molecule has 1 rings (SSSR count). The smallest absolute Gasteiger partial charge is 0.381 e. The van der Waals surface area contributed by atoms with Gasteiger partial charge in [-0.1, -0.05) is 13.8 Å². The van der Waals surface area contributed by atoms with E-state index in [9.17, 15) is 0 Å². The van der Waals surface area contributed by atoms with Gasteiger partial charge in [0.25, 0.3) is 0 Å². The van der Waals surface area contributed by atoms with Crippen LogP contribution >= 0.6 is 12.9 Å². The predicted octanol–water partition coefficient (Wildman–Crippen LogP) is 2.63. The molecule has 0 unspecified atom stereocenters. The second-order valence-corrected chi connectivity index (χ2v) is 6.75. The van der Waals surface area contributed by atoms with Crippen molar-refractivity contribution in [3.63, 3.8) is 0 Å². The molecule has 0 bridgehead atoms. The monoisotopic (exact) mass is 218 g/mol. The van der Waals surface area contributed by atoms with Gasteiger partial charge in [-0.25, -0.2) is 0 Å². The molecule has 0 aliphatic carbocycles. The van der Waals surface area contributed by atoms with Gasteiger partial charge in [-0.05, 0) is 12.8 Å². The number of hydrogen-bond acceptors (Lipinski definition) is 1. The summed E-state index contributed by atoms with van der Waals surface area (Å²) in [4.78, 5) is 0. The van der Waals surface area contributed by atoms with Gasteiger partial charge in [0.15, 0.2) is 0 Å². The lowest BCUT2D eigenvalue weighted by atomic mass is 10.4. The highest BCUT2D eigenvalue weighted by molar-refractivity contribution is 9.23. The van der Waals surface area contributed by atoms with E-state index in [0.717, 1.165) is 17.3 Å². The van der Waals surface area contributed by atoms with Gasteiger partial charge in [0.2, 0.25) is 0 Å². The molecule has 0 N–H and O–H groups in total. The molecule has 1 fully saturated rings. The van der Waals surface area contributed by atoms with E-state index in [1.807, 2.05) is 0 Å². The highest BCUT2D eigenvalue weighted by Crippen LogP contribution is 1.99. The van der Waals surface area contributed by atoms with Crippen LogP contribution in [0.5, 0.6) is 0 Å². The zero-order valence-corrected chi connectivity index (χ0v) is 9.90. The third-order valence-corrected chi connectivity index (χ3v) is 5.64. The number of ether oxygens (including phenoxy) is 1. The van der Waals surface area contributed by atoms with Gasteiger partial charge in [-0.3, -0.25) is 0 Å². The summed E-state index contributed by atoms with van der Waals surface area (Å²) in [6, 6.07) is 0. The van der Waals surface area contributed by atoms with Crippen molar-refractivity contribution in [1.82, 2.24) is 0 Å². The minimum Gasteiger partial charge on any atom is -0.381 e. The molecule has 1 heterocycles. The second-order valence-electron chi connectivity index (χ2n) is 2.87. The van der Waals surface area contributed by atoms with Gasteiger partial charge in [-0.15, -0.1) is 4.05 Å². The predicted molar refractivity (Wildman–Crippen MR) is 49.8 cm³/mol. The topological polar surface area (TPSA) is 9.23 Å². The summed E-state index contributed by atoms with van der Waals surface area (Å²) in [6.45, 7) is 6.47. The molecule has 10 heavy (non-hydrogen) atoms. The Morgan fingerprint density at radius 2 is 1.70 bits per heavy atom. The van der Waals surface area contributed by atoms with Gasteiger partial charge in [0.1, 0.15) is 0 Å². The third kappa shape index (κ3) is 9.21. The van der Waals surface area contributed by atoms with Crippen LogP contribution < -0.4 is 0 Å². The van der Waals surface area contributed by atoms with Gasteiger partial charge < -0.3 is 17.6 Å². The first-order valence-electron chi connectivity index (χ1n) is 3.91. The van der Waals surface area contributed by atoms with Crippen LogP contribution in [0.3, 0.4) is 0 Å². The summed E-state index contributed by atoms with van der Waals surface area (Å²) in [5.74, 6) is 0. The van der Waals surface area contributed by atoms with Gasteiger partial charge in [0, 0.05) is 13.2 Å². The molecule has 1 saturated heterocycles. The Morgan fingerprint density at radius 1 is 1.30 bits per heavy atom. The third-order valence-electron chi connectivity index (χ3n) is 1.14. The largest absolute Gasteiger partial charge is 0.471 e. The zero-order valence-electron chi connectivity index (χ0n) is 6.90. The summed E-state index contributed by atoms with van der Waals surface area (Å²) in [5, 5.41) is 0. The minimum atomic E-state index is 0.161. The van der Waals surface area contributed by atoms with Crippen molar-refractivity contribution < 1.29 is 4.74 Å². The average Bonchev–Trinajstić information content (AvgIpc) is 2.43.